The number of amides is 1. The molecule has 0 radical (unpaired) electrons. The summed E-state index contributed by atoms with van der Waals surface area (Å²) in [6.07, 6.45) is 2.81. The van der Waals surface area contributed by atoms with Gasteiger partial charge in [0.1, 0.15) is 11.5 Å². The van der Waals surface area contributed by atoms with E-state index in [2.05, 4.69) is 31.9 Å². The molecule has 2 rings (SSSR count). The molecule has 0 bridgehead atoms. The molecule has 1 aromatic carbocycles. The van der Waals surface area contributed by atoms with Crippen LogP contribution < -0.4 is 5.73 Å². The molecular weight excluding hydrogens is 374 g/mol. The molecule has 2 aromatic rings. The highest BCUT2D eigenvalue weighted by Gasteiger charge is 2.12. The number of primary amides is 1. The third-order valence-corrected chi connectivity index (χ3v) is 3.63. The van der Waals surface area contributed by atoms with E-state index in [4.69, 9.17) is 10.2 Å². The number of nitrogens with two attached hydrogens (primary N) is 1. The molecule has 1 heterocycles. The summed E-state index contributed by atoms with van der Waals surface area (Å²) in [5.74, 6) is 0.797. The standard InChI is InChI=1S/C14H11Br2NO2/c1-8-6-9(15)2-4-11(8)14-12(16)7-10(19-14)3-5-13(17)18/h2-7H,1H3,(H2,17,18)/b5-3-. The normalized spacial score (nSPS) is 11.1. The van der Waals surface area contributed by atoms with E-state index >= 15 is 0 Å². The van der Waals surface area contributed by atoms with Crippen molar-refractivity contribution in [3.63, 3.8) is 0 Å². The van der Waals surface area contributed by atoms with Gasteiger partial charge in [0.25, 0.3) is 0 Å². The first kappa shape index (κ1) is 14.1. The van der Waals surface area contributed by atoms with Crippen LogP contribution in [0.2, 0.25) is 0 Å². The molecule has 5 heteroatoms. The second-order valence-corrected chi connectivity index (χ2v) is 5.79. The summed E-state index contributed by atoms with van der Waals surface area (Å²) in [6.45, 7) is 2.01. The molecule has 0 aliphatic rings. The SMILES string of the molecule is Cc1cc(Br)ccc1-c1oc(/C=C\C(N)=O)cc1Br. The van der Waals surface area contributed by atoms with Crippen LogP contribution in [0.25, 0.3) is 17.4 Å². The van der Waals surface area contributed by atoms with Crippen molar-refractivity contribution in [1.82, 2.24) is 0 Å². The molecule has 0 atom stereocenters. The van der Waals surface area contributed by atoms with Gasteiger partial charge in [-0.2, -0.15) is 0 Å². The largest absolute Gasteiger partial charge is 0.455 e. The molecule has 0 aliphatic heterocycles. The first-order chi connectivity index (χ1) is 8.97. The predicted molar refractivity (Wildman–Crippen MR) is 82.5 cm³/mol. The summed E-state index contributed by atoms with van der Waals surface area (Å²) in [5.41, 5.74) is 7.14. The van der Waals surface area contributed by atoms with Crippen LogP contribution in [0.4, 0.5) is 0 Å². The summed E-state index contributed by atoms with van der Waals surface area (Å²) in [4.78, 5) is 10.7. The van der Waals surface area contributed by atoms with E-state index in [1.54, 1.807) is 12.1 Å². The van der Waals surface area contributed by atoms with Crippen molar-refractivity contribution in [2.24, 2.45) is 5.73 Å². The predicted octanol–water partition coefficient (Wildman–Crippen LogP) is 4.28. The highest BCUT2D eigenvalue weighted by molar-refractivity contribution is 9.10. The van der Waals surface area contributed by atoms with Crippen LogP contribution in [0, 0.1) is 6.92 Å². The van der Waals surface area contributed by atoms with Gasteiger partial charge in [-0.15, -0.1) is 0 Å². The maximum absolute atomic E-state index is 10.7. The Morgan fingerprint density at radius 3 is 2.68 bits per heavy atom. The van der Waals surface area contributed by atoms with Crippen molar-refractivity contribution in [3.8, 4) is 11.3 Å². The number of rotatable bonds is 3. The average molecular weight is 385 g/mol. The molecule has 1 aromatic heterocycles. The van der Waals surface area contributed by atoms with Crippen LogP contribution in [0.3, 0.4) is 0 Å². The quantitative estimate of drug-likeness (QED) is 0.803. The Morgan fingerprint density at radius 2 is 2.05 bits per heavy atom. The molecule has 2 N–H and O–H groups in total. The van der Waals surface area contributed by atoms with Gasteiger partial charge < -0.3 is 10.2 Å². The third kappa shape index (κ3) is 3.36. The van der Waals surface area contributed by atoms with Crippen molar-refractivity contribution in [2.75, 3.05) is 0 Å². The second kappa shape index (κ2) is 5.75. The number of carbonyl (C=O) groups excluding carboxylic acids is 1. The zero-order valence-corrected chi connectivity index (χ0v) is 13.3. The van der Waals surface area contributed by atoms with Crippen molar-refractivity contribution >= 4 is 43.8 Å². The average Bonchev–Trinajstić information content (AvgIpc) is 2.68. The maximum Gasteiger partial charge on any atom is 0.241 e. The molecule has 0 unspecified atom stereocenters. The van der Waals surface area contributed by atoms with E-state index in [0.717, 1.165) is 25.8 Å². The van der Waals surface area contributed by atoms with Crippen LogP contribution in [-0.4, -0.2) is 5.91 Å². The number of hydrogen-bond donors (Lipinski definition) is 1. The summed E-state index contributed by atoms with van der Waals surface area (Å²) < 4.78 is 7.57. The van der Waals surface area contributed by atoms with E-state index in [1.807, 2.05) is 25.1 Å². The molecular formula is C14H11Br2NO2. The zero-order chi connectivity index (χ0) is 14.0. The van der Waals surface area contributed by atoms with E-state index in [0.29, 0.717) is 5.76 Å². The van der Waals surface area contributed by atoms with Gasteiger partial charge >= 0.3 is 0 Å². The Labute approximate surface area is 127 Å². The third-order valence-electron chi connectivity index (χ3n) is 2.55. The fourth-order valence-corrected chi connectivity index (χ4v) is 2.69. The molecule has 0 fully saturated rings. The lowest BCUT2D eigenvalue weighted by Crippen LogP contribution is -2.04. The van der Waals surface area contributed by atoms with Crippen LogP contribution in [0.1, 0.15) is 11.3 Å². The second-order valence-electron chi connectivity index (χ2n) is 4.02. The van der Waals surface area contributed by atoms with Gasteiger partial charge in [0.05, 0.1) is 4.47 Å². The van der Waals surface area contributed by atoms with Crippen LogP contribution in [-0.2, 0) is 4.79 Å². The molecule has 3 nitrogen and oxygen atoms in total. The van der Waals surface area contributed by atoms with Gasteiger partial charge in [-0.1, -0.05) is 15.9 Å². The Balaban J connectivity index is 2.43. The number of aryl methyl sites for hydroxylation is 1. The Morgan fingerprint density at radius 1 is 1.32 bits per heavy atom. The minimum atomic E-state index is -0.506. The molecule has 98 valence electrons. The molecule has 0 saturated carbocycles. The lowest BCUT2D eigenvalue weighted by atomic mass is 10.1. The number of benzene rings is 1. The van der Waals surface area contributed by atoms with E-state index < -0.39 is 5.91 Å². The lowest BCUT2D eigenvalue weighted by Gasteiger charge is -2.03. The number of halogens is 2. The van der Waals surface area contributed by atoms with E-state index in [-0.39, 0.29) is 0 Å². The fourth-order valence-electron chi connectivity index (χ4n) is 1.70. The van der Waals surface area contributed by atoms with Crippen molar-refractivity contribution in [3.05, 3.63) is 50.6 Å². The topological polar surface area (TPSA) is 56.2 Å². The van der Waals surface area contributed by atoms with Crippen molar-refractivity contribution in [1.29, 1.82) is 0 Å². The molecule has 19 heavy (non-hydrogen) atoms. The van der Waals surface area contributed by atoms with Gasteiger partial charge in [-0.05, 0) is 58.8 Å². The van der Waals surface area contributed by atoms with Crippen molar-refractivity contribution < 1.29 is 9.21 Å². The fraction of sp³-hybridized carbons (Fsp3) is 0.0714. The first-order valence-electron chi connectivity index (χ1n) is 5.51. The maximum atomic E-state index is 10.7. The molecule has 0 aliphatic carbocycles. The smallest absolute Gasteiger partial charge is 0.241 e. The van der Waals surface area contributed by atoms with Crippen LogP contribution in [0.5, 0.6) is 0 Å². The van der Waals surface area contributed by atoms with Crippen molar-refractivity contribution in [2.45, 2.75) is 6.92 Å². The monoisotopic (exact) mass is 383 g/mol. The van der Waals surface area contributed by atoms with E-state index in [9.17, 15) is 4.79 Å². The molecule has 0 saturated heterocycles. The Bertz CT molecular complexity index is 659. The van der Waals surface area contributed by atoms with Gasteiger partial charge in [-0.25, -0.2) is 0 Å². The lowest BCUT2D eigenvalue weighted by molar-refractivity contribution is -0.113. The summed E-state index contributed by atoms with van der Waals surface area (Å²) in [6, 6.07) is 7.75. The summed E-state index contributed by atoms with van der Waals surface area (Å²) >= 11 is 6.89. The highest BCUT2D eigenvalue weighted by atomic mass is 79.9. The molecule has 1 amide bonds. The van der Waals surface area contributed by atoms with Gasteiger partial charge in [0, 0.05) is 16.1 Å². The van der Waals surface area contributed by atoms with Gasteiger partial charge in [-0.3, -0.25) is 4.79 Å². The minimum absolute atomic E-state index is 0.506. The zero-order valence-electron chi connectivity index (χ0n) is 10.1. The number of furan rings is 1. The number of hydrogen-bond acceptors (Lipinski definition) is 2. The summed E-state index contributed by atoms with van der Waals surface area (Å²) in [5, 5.41) is 0. The Kier molecular flexibility index (Phi) is 4.27. The Hall–Kier alpha value is -1.33. The minimum Gasteiger partial charge on any atom is -0.455 e. The highest BCUT2D eigenvalue weighted by Crippen LogP contribution is 2.34. The first-order valence-corrected chi connectivity index (χ1v) is 7.09. The summed E-state index contributed by atoms with van der Waals surface area (Å²) in [7, 11) is 0. The van der Waals surface area contributed by atoms with Gasteiger partial charge in [0.2, 0.25) is 5.91 Å². The van der Waals surface area contributed by atoms with Gasteiger partial charge in [0.15, 0.2) is 0 Å². The van der Waals surface area contributed by atoms with E-state index in [1.165, 1.54) is 6.08 Å². The van der Waals surface area contributed by atoms with Crippen LogP contribution in [0.15, 0.2) is 43.7 Å². The number of carbonyl (C=O) groups is 1. The molecule has 0 spiro atoms. The van der Waals surface area contributed by atoms with Crippen LogP contribution >= 0.6 is 31.9 Å².